The topological polar surface area (TPSA) is 63.2 Å². The van der Waals surface area contributed by atoms with Crippen LogP contribution in [0.5, 0.6) is 5.75 Å². The monoisotopic (exact) mass is 353 g/mol. The Bertz CT molecular complexity index is 667. The number of hydrogen-bond acceptors (Lipinski definition) is 3. The van der Waals surface area contributed by atoms with Crippen LogP contribution in [0, 0.1) is 0 Å². The van der Waals surface area contributed by atoms with E-state index in [2.05, 4.69) is 15.6 Å². The molecule has 0 atom stereocenters. The zero-order valence-corrected chi connectivity index (χ0v) is 15.1. The molecule has 3 rings (SSSR count). The maximum atomic E-state index is 11.9. The first kappa shape index (κ1) is 18.2. The summed E-state index contributed by atoms with van der Waals surface area (Å²) >= 11 is 0. The average molecular weight is 353 g/mol. The van der Waals surface area contributed by atoms with E-state index in [1.165, 1.54) is 19.3 Å². The largest absolute Gasteiger partial charge is 0.490 e. The number of urea groups is 1. The Balaban J connectivity index is 1.35. The first-order valence-electron chi connectivity index (χ1n) is 9.47. The molecule has 0 bridgehead atoms. The summed E-state index contributed by atoms with van der Waals surface area (Å²) in [6.07, 6.45) is 9.01. The van der Waals surface area contributed by atoms with Gasteiger partial charge >= 0.3 is 6.03 Å². The third-order valence-electron chi connectivity index (χ3n) is 4.62. The maximum Gasteiger partial charge on any atom is 0.315 e. The van der Waals surface area contributed by atoms with E-state index in [0.717, 1.165) is 36.3 Å². The van der Waals surface area contributed by atoms with Crippen LogP contribution in [-0.4, -0.2) is 23.7 Å². The SMILES string of the molecule is O=C(NCCc1ccccn1)NCc1ccc(OC2CCCCC2)cc1. The van der Waals surface area contributed by atoms with Gasteiger partial charge in [-0.05, 0) is 55.5 Å². The minimum Gasteiger partial charge on any atom is -0.490 e. The van der Waals surface area contributed by atoms with E-state index in [-0.39, 0.29) is 6.03 Å². The van der Waals surface area contributed by atoms with Crippen molar-refractivity contribution in [1.29, 1.82) is 0 Å². The Morgan fingerprint density at radius 1 is 1.04 bits per heavy atom. The van der Waals surface area contributed by atoms with Crippen molar-refractivity contribution in [3.63, 3.8) is 0 Å². The number of pyridine rings is 1. The molecule has 2 amide bonds. The lowest BCUT2D eigenvalue weighted by Gasteiger charge is -2.23. The second-order valence-corrected chi connectivity index (χ2v) is 6.70. The van der Waals surface area contributed by atoms with Crippen molar-refractivity contribution in [3.8, 4) is 5.75 Å². The van der Waals surface area contributed by atoms with Gasteiger partial charge in [0.2, 0.25) is 0 Å². The summed E-state index contributed by atoms with van der Waals surface area (Å²) in [5.74, 6) is 0.917. The number of benzene rings is 1. The number of carbonyl (C=O) groups is 1. The molecule has 0 unspecified atom stereocenters. The molecule has 1 heterocycles. The van der Waals surface area contributed by atoms with E-state index in [4.69, 9.17) is 4.74 Å². The summed E-state index contributed by atoms with van der Waals surface area (Å²) in [4.78, 5) is 16.1. The van der Waals surface area contributed by atoms with Crippen LogP contribution in [0.1, 0.15) is 43.4 Å². The zero-order valence-electron chi connectivity index (χ0n) is 15.1. The normalized spacial score (nSPS) is 14.6. The van der Waals surface area contributed by atoms with Crippen LogP contribution in [0.4, 0.5) is 4.79 Å². The van der Waals surface area contributed by atoms with Gasteiger partial charge in [0.1, 0.15) is 5.75 Å². The molecule has 1 aliphatic carbocycles. The second kappa shape index (κ2) is 9.80. The van der Waals surface area contributed by atoms with Crippen molar-refractivity contribution < 1.29 is 9.53 Å². The van der Waals surface area contributed by atoms with Gasteiger partial charge in [0, 0.05) is 31.4 Å². The number of hydrogen-bond donors (Lipinski definition) is 2. The van der Waals surface area contributed by atoms with Gasteiger partial charge in [-0.15, -0.1) is 0 Å². The van der Waals surface area contributed by atoms with E-state index in [9.17, 15) is 4.79 Å². The molecule has 2 aromatic rings. The van der Waals surface area contributed by atoms with Crippen molar-refractivity contribution in [2.45, 2.75) is 51.2 Å². The molecule has 5 heteroatoms. The van der Waals surface area contributed by atoms with Crippen molar-refractivity contribution >= 4 is 6.03 Å². The van der Waals surface area contributed by atoms with Crippen molar-refractivity contribution in [3.05, 3.63) is 59.9 Å². The lowest BCUT2D eigenvalue weighted by atomic mass is 9.98. The number of nitrogens with one attached hydrogen (secondary N) is 2. The Kier molecular flexibility index (Phi) is 6.88. The Labute approximate surface area is 155 Å². The lowest BCUT2D eigenvalue weighted by Crippen LogP contribution is -2.36. The summed E-state index contributed by atoms with van der Waals surface area (Å²) in [7, 11) is 0. The van der Waals surface area contributed by atoms with Crippen molar-refractivity contribution in [2.24, 2.45) is 0 Å². The van der Waals surface area contributed by atoms with Gasteiger partial charge < -0.3 is 15.4 Å². The van der Waals surface area contributed by atoms with E-state index >= 15 is 0 Å². The number of rotatable bonds is 7. The van der Waals surface area contributed by atoms with Crippen LogP contribution in [-0.2, 0) is 13.0 Å². The number of carbonyl (C=O) groups excluding carboxylic acids is 1. The average Bonchev–Trinajstić information content (AvgIpc) is 2.69. The molecule has 1 aromatic carbocycles. The Hall–Kier alpha value is -2.56. The minimum atomic E-state index is -0.163. The van der Waals surface area contributed by atoms with Gasteiger partial charge in [0.05, 0.1) is 6.10 Å². The van der Waals surface area contributed by atoms with Gasteiger partial charge in [-0.25, -0.2) is 4.79 Å². The highest BCUT2D eigenvalue weighted by atomic mass is 16.5. The van der Waals surface area contributed by atoms with Crippen LogP contribution in [0.15, 0.2) is 48.7 Å². The molecule has 0 spiro atoms. The molecule has 0 aliphatic heterocycles. The predicted octanol–water partition coefficient (Wildman–Crippen LogP) is 3.84. The highest BCUT2D eigenvalue weighted by molar-refractivity contribution is 5.73. The third kappa shape index (κ3) is 6.06. The molecule has 5 nitrogen and oxygen atoms in total. The van der Waals surface area contributed by atoms with E-state index in [1.807, 2.05) is 42.5 Å². The maximum absolute atomic E-state index is 11.9. The number of ether oxygens (including phenoxy) is 1. The lowest BCUT2D eigenvalue weighted by molar-refractivity contribution is 0.155. The first-order chi connectivity index (χ1) is 12.8. The van der Waals surface area contributed by atoms with Gasteiger partial charge in [0.25, 0.3) is 0 Å². The molecular weight excluding hydrogens is 326 g/mol. The first-order valence-corrected chi connectivity index (χ1v) is 9.47. The van der Waals surface area contributed by atoms with E-state index in [1.54, 1.807) is 6.20 Å². The number of aromatic nitrogens is 1. The van der Waals surface area contributed by atoms with E-state index in [0.29, 0.717) is 19.2 Å². The molecule has 1 aliphatic rings. The fourth-order valence-corrected chi connectivity index (χ4v) is 3.16. The van der Waals surface area contributed by atoms with Crippen LogP contribution >= 0.6 is 0 Å². The van der Waals surface area contributed by atoms with E-state index < -0.39 is 0 Å². The van der Waals surface area contributed by atoms with Crippen molar-refractivity contribution in [1.82, 2.24) is 15.6 Å². The number of nitrogens with zero attached hydrogens (tertiary/aromatic N) is 1. The van der Waals surface area contributed by atoms with Crippen LogP contribution < -0.4 is 15.4 Å². The third-order valence-corrected chi connectivity index (χ3v) is 4.62. The standard InChI is InChI=1S/C21H27N3O2/c25-21(23-15-13-18-6-4-5-14-22-18)24-16-17-9-11-20(12-10-17)26-19-7-2-1-3-8-19/h4-6,9-12,14,19H,1-3,7-8,13,15-16H2,(H2,23,24,25). The fourth-order valence-electron chi connectivity index (χ4n) is 3.16. The summed E-state index contributed by atoms with van der Waals surface area (Å²) in [6, 6.07) is 13.6. The molecule has 2 N–H and O–H groups in total. The van der Waals surface area contributed by atoms with Crippen LogP contribution in [0.3, 0.4) is 0 Å². The van der Waals surface area contributed by atoms with Gasteiger partial charge in [-0.2, -0.15) is 0 Å². The minimum absolute atomic E-state index is 0.163. The molecule has 1 aromatic heterocycles. The molecular formula is C21H27N3O2. The molecule has 1 saturated carbocycles. The van der Waals surface area contributed by atoms with Gasteiger partial charge in [-0.1, -0.05) is 24.6 Å². The van der Waals surface area contributed by atoms with Gasteiger partial charge in [-0.3, -0.25) is 4.98 Å². The Morgan fingerprint density at radius 2 is 1.85 bits per heavy atom. The molecule has 0 radical (unpaired) electrons. The fraction of sp³-hybridized carbons (Fsp3) is 0.429. The smallest absolute Gasteiger partial charge is 0.315 e. The zero-order chi connectivity index (χ0) is 18.0. The van der Waals surface area contributed by atoms with Gasteiger partial charge in [0.15, 0.2) is 0 Å². The number of amides is 2. The molecule has 26 heavy (non-hydrogen) atoms. The summed E-state index contributed by atoms with van der Waals surface area (Å²) in [5.41, 5.74) is 2.03. The Morgan fingerprint density at radius 3 is 2.58 bits per heavy atom. The predicted molar refractivity (Wildman–Crippen MR) is 102 cm³/mol. The second-order valence-electron chi connectivity index (χ2n) is 6.70. The molecule has 1 fully saturated rings. The van der Waals surface area contributed by atoms with Crippen LogP contribution in [0.25, 0.3) is 0 Å². The molecule has 138 valence electrons. The summed E-state index contributed by atoms with van der Waals surface area (Å²) < 4.78 is 6.03. The highest BCUT2D eigenvalue weighted by Gasteiger charge is 2.14. The highest BCUT2D eigenvalue weighted by Crippen LogP contribution is 2.23. The van der Waals surface area contributed by atoms with Crippen molar-refractivity contribution in [2.75, 3.05) is 6.54 Å². The summed E-state index contributed by atoms with van der Waals surface area (Å²) in [6.45, 7) is 1.07. The van der Waals surface area contributed by atoms with Crippen LogP contribution in [0.2, 0.25) is 0 Å². The molecule has 0 saturated heterocycles. The quantitative estimate of drug-likeness (QED) is 0.795. The summed E-state index contributed by atoms with van der Waals surface area (Å²) in [5, 5.41) is 5.73.